The quantitative estimate of drug-likeness (QED) is 0.00272. The fourth-order valence-electron chi connectivity index (χ4n) is 7.37. The number of quaternary nitrogens is 1. The molecule has 0 aromatic rings. The van der Waals surface area contributed by atoms with E-state index in [0.717, 1.165) is 83.1 Å². The summed E-state index contributed by atoms with van der Waals surface area (Å²) in [6.07, 6.45) is 13.4. The van der Waals surface area contributed by atoms with E-state index < -0.39 is 67.8 Å². The number of rotatable bonds is 39. The second-order valence-electron chi connectivity index (χ2n) is 37.9. The average molecular weight is 2000 g/mol. The van der Waals surface area contributed by atoms with Gasteiger partial charge in [-0.3, -0.25) is 4.79 Å². The van der Waals surface area contributed by atoms with E-state index in [0.29, 0.717) is 65.6 Å². The third kappa shape index (κ3) is 121. The van der Waals surface area contributed by atoms with Gasteiger partial charge in [0.15, 0.2) is 15.5 Å². The third-order valence-corrected chi connectivity index (χ3v) is 25.4. The Labute approximate surface area is 695 Å². The average Bonchev–Trinajstić information content (AvgIpc) is 1.19. The Morgan fingerprint density at radius 3 is 1.25 bits per heavy atom. The molecular weight excluding hydrogens is 1820 g/mol. The first-order valence-corrected chi connectivity index (χ1v) is 55.1. The number of carboxylic acid groups (broad SMARTS) is 1. The number of halogens is 2. The van der Waals surface area contributed by atoms with Gasteiger partial charge >= 0.3 is 5.97 Å². The van der Waals surface area contributed by atoms with Gasteiger partial charge in [0.25, 0.3) is 0 Å². The topological polar surface area (TPSA) is 271 Å². The molecule has 2 fully saturated rings. The van der Waals surface area contributed by atoms with Crippen LogP contribution >= 0.6 is 22.2 Å². The molecule has 27 heteroatoms. The van der Waals surface area contributed by atoms with E-state index >= 15 is 0 Å². The second kappa shape index (κ2) is 69.6. The molecule has 0 aromatic carbocycles. The summed E-state index contributed by atoms with van der Waals surface area (Å²) in [6.45, 7) is 75.8. The van der Waals surface area contributed by atoms with E-state index in [-0.39, 0.29) is 72.2 Å². The van der Waals surface area contributed by atoms with Crippen molar-refractivity contribution in [1.29, 1.82) is 0 Å². The standard InChI is InChI=1S/C19H44NO3Si.C14H30O2Si.C8H19ClSi.C8H19Si.C6H10O2.C6H12.C5H13NO.C5H11O4.C5H10O4.C2H6ClSi.2Pt.H2/c1-19(2,3)10-15-24(6,7)14-9-13-23-17-18(22)16-20(4,5)11-8-12-21;1-14(2,3)7-10-17(4,5)9-6-8-15-11-13-12-16-13;1-8(2,3)6-7-10(4,5)9;1-8(2,3)6-7-9(4)5;1-2-3-7-4-6-5-8-6;1-5-6(2,3)4;1-6(2)4-3-5-7;1-5(2-6,3-7)4-9-8;1-5(2-6,3-7)4(8)9;1-4(2)3;;;/h18,21-22H,8-17H2,1-7H3;13H,6-12H2,1-5H3;6-7H2,1-5H3;6-7H2,1-5H3;2,6H,1,3-5H2;5H,1H2,2-4H3;7H,3-5H2,1-2H3;4,6-7,9H,2-3H2,1H3;6-7H,2-3H2,1H3,(H,8,9);1-2H3;;;1H/q+1;;;;;;;-1;;;;;. The molecular formula is C78H176Cl2N2O16Pt2Si5. The van der Waals surface area contributed by atoms with Crippen molar-refractivity contribution >= 4 is 68.6 Å². The molecule has 0 saturated carbocycles. The Morgan fingerprint density at radius 2 is 1.02 bits per heavy atom. The molecule has 18 nitrogen and oxygen atoms in total. The van der Waals surface area contributed by atoms with Crippen molar-refractivity contribution in [3.8, 4) is 0 Å². The zero-order chi connectivity index (χ0) is 82.8. The minimum atomic E-state index is -1.39. The van der Waals surface area contributed by atoms with Crippen LogP contribution in [-0.4, -0.2) is 260 Å². The molecule has 648 valence electrons. The molecule has 3 atom stereocenters. The van der Waals surface area contributed by atoms with E-state index in [9.17, 15) is 15.2 Å². The van der Waals surface area contributed by atoms with E-state index in [1.54, 1.807) is 6.08 Å². The number of aliphatic hydroxyl groups excluding tert-OH is 7. The Kier molecular flexibility index (Phi) is 84.3. The Hall–Kier alpha value is 1.35. The molecule has 9 N–H and O–H groups in total. The number of hydrogen-bond donors (Lipinski definition) is 8. The normalized spacial score (nSPS) is 14.7. The van der Waals surface area contributed by atoms with Crippen LogP contribution in [0.3, 0.4) is 0 Å². The number of aliphatic hydroxyl groups is 8. The van der Waals surface area contributed by atoms with Crippen molar-refractivity contribution < 1.29 is 128 Å². The molecule has 0 bridgehead atoms. The summed E-state index contributed by atoms with van der Waals surface area (Å²) in [5.41, 5.74) is -0.00110. The summed E-state index contributed by atoms with van der Waals surface area (Å²) >= 11 is 11.6. The number of carbonyl (C=O) groups is 1. The predicted octanol–water partition coefficient (Wildman–Crippen LogP) is 16.4. The molecule has 2 saturated heterocycles. The van der Waals surface area contributed by atoms with Gasteiger partial charge in [0.1, 0.15) is 30.3 Å². The molecule has 0 spiro atoms. The van der Waals surface area contributed by atoms with E-state index in [2.05, 4.69) is 193 Å². The molecule has 0 amide bonds. The number of epoxide rings is 2. The Balaban J connectivity index is -0.000000109. The van der Waals surface area contributed by atoms with Gasteiger partial charge in [0, 0.05) is 115 Å². The molecule has 0 aromatic heterocycles. The van der Waals surface area contributed by atoms with Crippen molar-refractivity contribution in [2.45, 2.75) is 289 Å². The molecule has 2 heterocycles. The maximum absolute atomic E-state index is 10.2. The largest absolute Gasteiger partial charge is 0.587 e. The summed E-state index contributed by atoms with van der Waals surface area (Å²) in [5, 5.41) is 79.1. The fraction of sp³-hybridized carbons (Fsp3) is 0.923. The predicted molar refractivity (Wildman–Crippen MR) is 456 cm³/mol. The van der Waals surface area contributed by atoms with Crippen LogP contribution in [-0.2, 0) is 70.6 Å². The van der Waals surface area contributed by atoms with Gasteiger partial charge in [0.05, 0.1) is 73.5 Å². The maximum atomic E-state index is 10.2. The van der Waals surface area contributed by atoms with Crippen LogP contribution in [0.4, 0.5) is 0 Å². The first kappa shape index (κ1) is 127. The number of ether oxygens (including phenoxy) is 5. The maximum Gasteiger partial charge on any atom is 0.314 e. The van der Waals surface area contributed by atoms with Crippen LogP contribution in [0, 0.1) is 44.5 Å². The summed E-state index contributed by atoms with van der Waals surface area (Å²) < 4.78 is 27.1. The van der Waals surface area contributed by atoms with Crippen molar-refractivity contribution in [3.63, 3.8) is 0 Å². The van der Waals surface area contributed by atoms with Crippen molar-refractivity contribution in [3.05, 3.63) is 31.9 Å². The van der Waals surface area contributed by atoms with Crippen molar-refractivity contribution in [2.75, 3.05) is 140 Å². The molecule has 105 heavy (non-hydrogen) atoms. The van der Waals surface area contributed by atoms with Crippen LogP contribution < -0.4 is 5.26 Å². The molecule has 2 aliphatic heterocycles. The molecule has 3 unspecified atom stereocenters. The number of likely N-dealkylation sites (N-methyl/N-ethyl adjacent to an activating group) is 1. The first-order valence-electron chi connectivity index (χ1n) is 37.9. The number of nitrogens with zero attached hydrogens (tertiary/aromatic N) is 2. The Morgan fingerprint density at radius 1 is 0.657 bits per heavy atom. The van der Waals surface area contributed by atoms with E-state index in [4.69, 9.17) is 81.6 Å². The minimum absolute atomic E-state index is 0. The van der Waals surface area contributed by atoms with Crippen LogP contribution in [0.25, 0.3) is 0 Å². The number of carboxylic acids is 1. The monoisotopic (exact) mass is 2000 g/mol. The van der Waals surface area contributed by atoms with Gasteiger partial charge < -0.3 is 84.1 Å². The molecule has 2 radical (unpaired) electrons. The van der Waals surface area contributed by atoms with Crippen LogP contribution in [0.5, 0.6) is 0 Å². The fourth-order valence-corrected chi connectivity index (χ4v) is 15.8. The number of aliphatic carboxylic acids is 1. The zero-order valence-corrected chi connectivity index (χ0v) is 84.5. The minimum Gasteiger partial charge on any atom is -0.587 e. The van der Waals surface area contributed by atoms with Gasteiger partial charge in [-0.2, -0.15) is 22.2 Å². The third-order valence-electron chi connectivity index (χ3n) is 15.5. The second-order valence-corrected chi connectivity index (χ2v) is 62.5. The molecule has 2 rings (SSSR count). The SMILES string of the molecule is C=CC(C)(C)C.C=CCOCC1CO1.CC(C)(C)CC[Si](C)(C)CCCOCC(O)C[N+](C)(C)CCCO.CC(C)(C)CC[Si](C)(C)CCCOCC1CO1.CC(C)(C)CC[Si](C)(C)Cl.CC(CO)(CO)C(=O)O.CC([CH-][OH+][O-])(CO)CO.CN(C)CCCO.C[Si](C)CCC(C)(C)C.C[Si](C)Cl.[HH].[Pt].[Pt]. The summed E-state index contributed by atoms with van der Waals surface area (Å²) in [7, 11) is 4.39. The van der Waals surface area contributed by atoms with Crippen LogP contribution in [0.2, 0.25) is 102 Å². The first-order chi connectivity index (χ1) is 46.5. The number of hydrogen-bond acceptors (Lipinski definition) is 15. The summed E-state index contributed by atoms with van der Waals surface area (Å²) in [5.74, 6) is -1.19. The molecule has 0 aliphatic carbocycles. The van der Waals surface area contributed by atoms with Crippen molar-refractivity contribution in [2.24, 2.45) is 37.9 Å². The van der Waals surface area contributed by atoms with Gasteiger partial charge in [0.2, 0.25) is 0 Å². The van der Waals surface area contributed by atoms with Gasteiger partial charge in [-0.1, -0.05) is 238 Å². The van der Waals surface area contributed by atoms with Gasteiger partial charge in [-0.25, -0.2) is 0 Å². The van der Waals surface area contributed by atoms with Gasteiger partial charge in [-0.05, 0) is 98.4 Å². The van der Waals surface area contributed by atoms with E-state index in [1.807, 2.05) is 33.3 Å². The van der Waals surface area contributed by atoms with Crippen LogP contribution in [0.1, 0.15) is 170 Å². The van der Waals surface area contributed by atoms with E-state index in [1.165, 1.54) is 82.2 Å². The smallest absolute Gasteiger partial charge is 0.314 e. The van der Waals surface area contributed by atoms with Crippen LogP contribution in [0.15, 0.2) is 25.3 Å². The zero-order valence-electron chi connectivity index (χ0n) is 73.5. The Bertz CT molecular complexity index is 1920. The summed E-state index contributed by atoms with van der Waals surface area (Å²) in [4.78, 5) is 14.7. The van der Waals surface area contributed by atoms with Gasteiger partial charge in [-0.15, -0.1) is 13.2 Å². The summed E-state index contributed by atoms with van der Waals surface area (Å²) in [6, 6.07) is 8.23. The number of allylic oxidation sites excluding steroid dienone is 1. The molecule has 2 aliphatic rings. The van der Waals surface area contributed by atoms with Crippen molar-refractivity contribution in [1.82, 2.24) is 4.90 Å².